The molecule has 38 heavy (non-hydrogen) atoms. The van der Waals surface area contributed by atoms with Crippen molar-refractivity contribution in [2.75, 3.05) is 124 Å². The predicted octanol–water partition coefficient (Wildman–Crippen LogP) is 0.920. The van der Waals surface area contributed by atoms with E-state index in [-0.39, 0.29) is 0 Å². The maximum Gasteiger partial charge on any atom is 0.0701 e. The fraction of sp³-hybridized carbons (Fsp3) is 0.815. The van der Waals surface area contributed by atoms with Crippen LogP contribution in [0.25, 0.3) is 0 Å². The quantitative estimate of drug-likeness (QED) is 0.171. The van der Waals surface area contributed by atoms with Crippen LogP contribution >= 0.6 is 0 Å². The molecule has 1 fully saturated rings. The van der Waals surface area contributed by atoms with Crippen LogP contribution in [-0.4, -0.2) is 129 Å². The van der Waals surface area contributed by atoms with Crippen LogP contribution in [0.15, 0.2) is 12.4 Å². The molecule has 1 saturated heterocycles. The van der Waals surface area contributed by atoms with Crippen LogP contribution in [-0.2, 0) is 46.0 Å². The van der Waals surface area contributed by atoms with Crippen LogP contribution in [0.3, 0.4) is 0 Å². The van der Waals surface area contributed by atoms with Crippen molar-refractivity contribution in [3.8, 4) is 0 Å². The van der Waals surface area contributed by atoms with Gasteiger partial charge in [0.15, 0.2) is 0 Å². The van der Waals surface area contributed by atoms with E-state index >= 15 is 0 Å². The van der Waals surface area contributed by atoms with Gasteiger partial charge in [0, 0.05) is 44.3 Å². The van der Waals surface area contributed by atoms with Gasteiger partial charge in [0.25, 0.3) is 0 Å². The highest BCUT2D eigenvalue weighted by atomic mass is 16.6. The highest BCUT2D eigenvalue weighted by Crippen LogP contribution is 2.19. The molecule has 220 valence electrons. The number of anilines is 1. The topological polar surface area (TPSA) is 133 Å². The van der Waals surface area contributed by atoms with Crippen LogP contribution in [0.5, 0.6) is 0 Å². The summed E-state index contributed by atoms with van der Waals surface area (Å²) in [4.78, 5) is 6.86. The molecule has 4 N–H and O–H groups in total. The minimum atomic E-state index is 0.531. The highest BCUT2D eigenvalue weighted by Gasteiger charge is 2.11. The Kier molecular flexibility index (Phi) is 20.3. The Morgan fingerprint density at radius 1 is 0.658 bits per heavy atom. The lowest BCUT2D eigenvalue weighted by Crippen LogP contribution is -2.36. The van der Waals surface area contributed by atoms with Crippen molar-refractivity contribution in [1.82, 2.24) is 9.88 Å². The van der Waals surface area contributed by atoms with Crippen molar-refractivity contribution in [3.05, 3.63) is 23.5 Å². The first kappa shape index (κ1) is 32.8. The zero-order chi connectivity index (χ0) is 26.9. The number of nitrogens with zero attached hydrogens (tertiary/aromatic N) is 2. The molecule has 11 nitrogen and oxygen atoms in total. The second kappa shape index (κ2) is 23.5. The van der Waals surface area contributed by atoms with Gasteiger partial charge >= 0.3 is 0 Å². The molecule has 0 saturated carbocycles. The molecular formula is C27H50N4O7. The first-order valence-corrected chi connectivity index (χ1v) is 14.0. The average molecular weight is 543 g/mol. The van der Waals surface area contributed by atoms with Crippen LogP contribution in [0.2, 0.25) is 0 Å². The lowest BCUT2D eigenvalue weighted by molar-refractivity contribution is -0.0164. The molecule has 2 rings (SSSR count). The lowest BCUT2D eigenvalue weighted by atomic mass is 10.0. The monoisotopic (exact) mass is 542 g/mol. The fourth-order valence-electron chi connectivity index (χ4n) is 3.93. The molecule has 1 aromatic heterocycles. The third-order valence-corrected chi connectivity index (χ3v) is 6.03. The largest absolute Gasteiger partial charge is 0.398 e. The van der Waals surface area contributed by atoms with E-state index in [9.17, 15) is 0 Å². The number of nitrogen functional groups attached to an aromatic ring is 1. The van der Waals surface area contributed by atoms with Gasteiger partial charge in [-0.05, 0) is 43.4 Å². The number of hydrogen-bond acceptors (Lipinski definition) is 11. The highest BCUT2D eigenvalue weighted by molar-refractivity contribution is 5.52. The van der Waals surface area contributed by atoms with E-state index in [1.54, 1.807) is 0 Å². The number of pyridine rings is 1. The Hall–Kier alpha value is -1.41. The Bertz CT molecular complexity index is 681. The first-order chi connectivity index (χ1) is 18.8. The van der Waals surface area contributed by atoms with Crippen LogP contribution in [0.4, 0.5) is 5.69 Å². The van der Waals surface area contributed by atoms with Gasteiger partial charge in [0.2, 0.25) is 0 Å². The molecule has 0 aromatic carbocycles. The van der Waals surface area contributed by atoms with Crippen LogP contribution in [0.1, 0.15) is 24.0 Å². The normalized spacial score (nSPS) is 14.3. The molecule has 0 radical (unpaired) electrons. The van der Waals surface area contributed by atoms with Gasteiger partial charge in [0.1, 0.15) is 0 Å². The number of aromatic nitrogens is 1. The molecular weight excluding hydrogens is 492 g/mol. The van der Waals surface area contributed by atoms with E-state index in [4.69, 9.17) is 44.6 Å². The minimum absolute atomic E-state index is 0.531. The van der Waals surface area contributed by atoms with E-state index < -0.39 is 0 Å². The summed E-state index contributed by atoms with van der Waals surface area (Å²) >= 11 is 0. The summed E-state index contributed by atoms with van der Waals surface area (Å²) in [5, 5.41) is 0. The predicted molar refractivity (Wildman–Crippen MR) is 147 cm³/mol. The second-order valence-corrected chi connectivity index (χ2v) is 9.00. The molecule has 2 heterocycles. The molecule has 0 bridgehead atoms. The smallest absolute Gasteiger partial charge is 0.0701 e. The van der Waals surface area contributed by atoms with Gasteiger partial charge < -0.3 is 44.6 Å². The second-order valence-electron chi connectivity index (χ2n) is 9.00. The summed E-state index contributed by atoms with van der Waals surface area (Å²) in [7, 11) is 0. The molecule has 1 aliphatic heterocycles. The molecule has 1 aliphatic rings. The summed E-state index contributed by atoms with van der Waals surface area (Å²) in [5.41, 5.74) is 14.9. The zero-order valence-electron chi connectivity index (χ0n) is 23.1. The summed E-state index contributed by atoms with van der Waals surface area (Å²) < 4.78 is 38.2. The summed E-state index contributed by atoms with van der Waals surface area (Å²) in [6.07, 6.45) is 7.59. The number of ether oxygens (including phenoxy) is 7. The van der Waals surface area contributed by atoms with E-state index in [1.807, 2.05) is 12.4 Å². The van der Waals surface area contributed by atoms with Gasteiger partial charge in [-0.25, -0.2) is 0 Å². The van der Waals surface area contributed by atoms with Gasteiger partial charge in [0.05, 0.1) is 85.9 Å². The van der Waals surface area contributed by atoms with Crippen molar-refractivity contribution in [2.24, 2.45) is 5.73 Å². The van der Waals surface area contributed by atoms with Crippen molar-refractivity contribution < 1.29 is 33.2 Å². The number of morpholine rings is 1. The molecule has 1 aromatic rings. The number of hydrogen-bond donors (Lipinski definition) is 2. The fourth-order valence-corrected chi connectivity index (χ4v) is 3.93. The molecule has 0 atom stereocenters. The standard InChI is InChI=1S/C27H50N4O7/c28-5-10-33-14-16-36-18-20-38-22-21-37-19-17-35-15-13-32-9-2-4-26-24-30-23-25(27(26)29)3-1-6-31-7-11-34-12-8-31/h23-24H,1-22,28H2,(H2,29,30). The van der Waals surface area contributed by atoms with Crippen LogP contribution in [0, 0.1) is 0 Å². The van der Waals surface area contributed by atoms with Gasteiger partial charge in [-0.1, -0.05) is 0 Å². The Morgan fingerprint density at radius 3 is 1.61 bits per heavy atom. The third-order valence-electron chi connectivity index (χ3n) is 6.03. The van der Waals surface area contributed by atoms with Crippen molar-refractivity contribution in [3.63, 3.8) is 0 Å². The van der Waals surface area contributed by atoms with Crippen molar-refractivity contribution >= 4 is 5.69 Å². The Morgan fingerprint density at radius 2 is 1.11 bits per heavy atom. The summed E-state index contributed by atoms with van der Waals surface area (Å²) in [6.45, 7) is 12.0. The molecule has 0 aliphatic carbocycles. The van der Waals surface area contributed by atoms with E-state index in [1.165, 1.54) is 0 Å². The lowest BCUT2D eigenvalue weighted by Gasteiger charge is -2.26. The number of nitrogens with two attached hydrogens (primary N) is 2. The third kappa shape index (κ3) is 16.5. The zero-order valence-corrected chi connectivity index (χ0v) is 23.1. The summed E-state index contributed by atoms with van der Waals surface area (Å²) in [5.74, 6) is 0. The first-order valence-electron chi connectivity index (χ1n) is 14.0. The molecule has 0 amide bonds. The average Bonchev–Trinajstić information content (AvgIpc) is 2.94. The molecule has 0 unspecified atom stereocenters. The van der Waals surface area contributed by atoms with E-state index in [0.29, 0.717) is 85.8 Å². The van der Waals surface area contributed by atoms with Gasteiger partial charge in [-0.15, -0.1) is 0 Å². The molecule has 0 spiro atoms. The van der Waals surface area contributed by atoms with Gasteiger partial charge in [-0.3, -0.25) is 9.88 Å². The van der Waals surface area contributed by atoms with E-state index in [2.05, 4.69) is 9.88 Å². The SMILES string of the molecule is NCCOCCOCCOCCOCCOCCOCCCc1cncc(CCCN2CCOCC2)c1N. The van der Waals surface area contributed by atoms with Crippen LogP contribution < -0.4 is 11.5 Å². The van der Waals surface area contributed by atoms with E-state index in [0.717, 1.165) is 75.3 Å². The summed E-state index contributed by atoms with van der Waals surface area (Å²) in [6, 6.07) is 0. The minimum Gasteiger partial charge on any atom is -0.398 e. The van der Waals surface area contributed by atoms with Crippen molar-refractivity contribution in [1.29, 1.82) is 0 Å². The molecule has 11 heteroatoms. The van der Waals surface area contributed by atoms with Gasteiger partial charge in [-0.2, -0.15) is 0 Å². The van der Waals surface area contributed by atoms with Crippen molar-refractivity contribution in [2.45, 2.75) is 25.7 Å². The Labute approximate surface area is 228 Å². The maximum absolute atomic E-state index is 6.42. The Balaban J connectivity index is 1.35. The maximum atomic E-state index is 6.42. The number of rotatable bonds is 25. The number of aryl methyl sites for hydroxylation is 2.